The van der Waals surface area contributed by atoms with Crippen molar-refractivity contribution in [3.63, 3.8) is 0 Å². The van der Waals surface area contributed by atoms with Crippen LogP contribution in [0, 0.1) is 5.92 Å². The second kappa shape index (κ2) is 9.56. The average Bonchev–Trinajstić information content (AvgIpc) is 2.99. The molecule has 0 aromatic heterocycles. The van der Waals surface area contributed by atoms with E-state index in [1.807, 2.05) is 54.6 Å². The quantitative estimate of drug-likeness (QED) is 0.428. The van der Waals surface area contributed by atoms with E-state index in [1.54, 1.807) is 18.2 Å². The average molecular weight is 487 g/mol. The Bertz CT molecular complexity index is 1330. The smallest absolute Gasteiger partial charge is 0.253 e. The molecule has 1 N–H and O–H groups in total. The van der Waals surface area contributed by atoms with Gasteiger partial charge in [-0.15, -0.1) is 0 Å². The Morgan fingerprint density at radius 3 is 2.31 bits per heavy atom. The van der Waals surface area contributed by atoms with Crippen molar-refractivity contribution in [2.75, 3.05) is 0 Å². The molecule has 3 aromatic carbocycles. The van der Waals surface area contributed by atoms with Crippen molar-refractivity contribution >= 4 is 34.9 Å². The number of ketones is 1. The number of aliphatic imine (C=N–C) groups is 1. The molecule has 1 fully saturated rings. The summed E-state index contributed by atoms with van der Waals surface area (Å²) in [4.78, 5) is 42.8. The molecule has 1 unspecified atom stereocenters. The maximum absolute atomic E-state index is 13.4. The zero-order valence-corrected chi connectivity index (χ0v) is 19.6. The highest BCUT2D eigenvalue weighted by Gasteiger charge is 2.37. The SMILES string of the molecule is O=C1Cc2ccc(Cl)cc2C(C2CC(=O)N(O)C(=O)C2)=NC1Cc1ccccc1-c1ccccc1. The molecule has 5 rings (SSSR count). The number of Topliss-reactive ketones (excluding diaryl/α,β-unsaturated/α-hetero) is 1. The van der Waals surface area contributed by atoms with E-state index >= 15 is 0 Å². The van der Waals surface area contributed by atoms with Gasteiger partial charge in [-0.1, -0.05) is 72.3 Å². The molecule has 0 bridgehead atoms. The topological polar surface area (TPSA) is 87.0 Å². The summed E-state index contributed by atoms with van der Waals surface area (Å²) in [5.74, 6) is -1.95. The van der Waals surface area contributed by atoms with Crippen molar-refractivity contribution in [2.45, 2.75) is 31.7 Å². The van der Waals surface area contributed by atoms with Gasteiger partial charge >= 0.3 is 0 Å². The summed E-state index contributed by atoms with van der Waals surface area (Å²) in [5.41, 5.74) is 5.04. The third kappa shape index (κ3) is 4.67. The van der Waals surface area contributed by atoms with Gasteiger partial charge in [-0.05, 0) is 34.4 Å². The summed E-state index contributed by atoms with van der Waals surface area (Å²) in [5, 5.41) is 10.4. The zero-order valence-electron chi connectivity index (χ0n) is 18.9. The van der Waals surface area contributed by atoms with E-state index < -0.39 is 23.8 Å². The lowest BCUT2D eigenvalue weighted by Gasteiger charge is -2.27. The van der Waals surface area contributed by atoms with Gasteiger partial charge in [0.15, 0.2) is 5.78 Å². The van der Waals surface area contributed by atoms with Crippen molar-refractivity contribution in [2.24, 2.45) is 10.9 Å². The van der Waals surface area contributed by atoms with E-state index in [4.69, 9.17) is 16.6 Å². The molecule has 0 saturated carbocycles. The molecule has 3 aromatic rings. The normalized spacial score (nSPS) is 18.8. The summed E-state index contributed by atoms with van der Waals surface area (Å²) in [6, 6.07) is 22.5. The molecule has 7 heteroatoms. The number of hydroxylamine groups is 2. The van der Waals surface area contributed by atoms with Gasteiger partial charge in [0.05, 0.1) is 0 Å². The number of nitrogens with zero attached hydrogens (tertiary/aromatic N) is 2. The molecule has 176 valence electrons. The number of halogens is 1. The maximum Gasteiger partial charge on any atom is 0.253 e. The molecule has 0 radical (unpaired) electrons. The number of hydrogen-bond donors (Lipinski definition) is 1. The largest absolute Gasteiger partial charge is 0.297 e. The summed E-state index contributed by atoms with van der Waals surface area (Å²) < 4.78 is 0. The van der Waals surface area contributed by atoms with Gasteiger partial charge in [-0.2, -0.15) is 5.06 Å². The summed E-state index contributed by atoms with van der Waals surface area (Å²) >= 11 is 6.28. The standard InChI is InChI=1S/C28H23ClN2O4/c29-21-11-10-19-13-25(32)24(12-18-8-4-5-9-22(18)17-6-2-1-3-7-17)30-28(23(19)16-21)20-14-26(33)31(35)27(34)15-20/h1-11,16,20,24,35H,12-15H2. The Balaban J connectivity index is 1.57. The van der Waals surface area contributed by atoms with E-state index in [9.17, 15) is 19.6 Å². The molecule has 2 amide bonds. The number of amides is 2. The van der Waals surface area contributed by atoms with Crippen LogP contribution in [0.25, 0.3) is 11.1 Å². The Hall–Kier alpha value is -3.61. The van der Waals surface area contributed by atoms with E-state index in [2.05, 4.69) is 0 Å². The van der Waals surface area contributed by atoms with Crippen LogP contribution in [0.3, 0.4) is 0 Å². The predicted octanol–water partition coefficient (Wildman–Crippen LogP) is 4.69. The van der Waals surface area contributed by atoms with Crippen LogP contribution in [0.1, 0.15) is 29.5 Å². The summed E-state index contributed by atoms with van der Waals surface area (Å²) in [6.07, 6.45) is 0.414. The Morgan fingerprint density at radius 1 is 0.886 bits per heavy atom. The summed E-state index contributed by atoms with van der Waals surface area (Å²) in [7, 11) is 0. The molecule has 2 aliphatic rings. The van der Waals surface area contributed by atoms with Crippen molar-refractivity contribution in [1.29, 1.82) is 0 Å². The van der Waals surface area contributed by atoms with Crippen LogP contribution in [-0.4, -0.2) is 39.6 Å². The van der Waals surface area contributed by atoms with Crippen molar-refractivity contribution in [3.05, 3.63) is 94.5 Å². The highest BCUT2D eigenvalue weighted by atomic mass is 35.5. The van der Waals surface area contributed by atoms with Crippen molar-refractivity contribution < 1.29 is 19.6 Å². The maximum atomic E-state index is 13.4. The van der Waals surface area contributed by atoms with Gasteiger partial charge in [0, 0.05) is 47.9 Å². The number of fused-ring (bicyclic) bond motifs is 1. The second-order valence-corrected chi connectivity index (χ2v) is 9.34. The van der Waals surface area contributed by atoms with Gasteiger partial charge in [0.25, 0.3) is 11.8 Å². The predicted molar refractivity (Wildman–Crippen MR) is 132 cm³/mol. The van der Waals surface area contributed by atoms with E-state index in [1.165, 1.54) is 0 Å². The lowest BCUT2D eigenvalue weighted by atomic mass is 9.86. The third-order valence-corrected chi connectivity index (χ3v) is 6.83. The Kier molecular flexibility index (Phi) is 6.32. The number of benzene rings is 3. The zero-order chi connectivity index (χ0) is 24.5. The molecule has 1 atom stereocenters. The summed E-state index contributed by atoms with van der Waals surface area (Å²) in [6.45, 7) is 0. The van der Waals surface area contributed by atoms with E-state index in [0.717, 1.165) is 22.3 Å². The van der Waals surface area contributed by atoms with Gasteiger partial charge in [-0.3, -0.25) is 24.6 Å². The fourth-order valence-corrected chi connectivity index (χ4v) is 5.02. The fourth-order valence-electron chi connectivity index (χ4n) is 4.85. The monoisotopic (exact) mass is 486 g/mol. The molecular weight excluding hydrogens is 464 g/mol. The molecule has 2 heterocycles. The van der Waals surface area contributed by atoms with Crippen LogP contribution in [0.4, 0.5) is 0 Å². The first-order chi connectivity index (χ1) is 16.9. The van der Waals surface area contributed by atoms with Crippen LogP contribution >= 0.6 is 11.6 Å². The first-order valence-corrected chi connectivity index (χ1v) is 11.9. The highest BCUT2D eigenvalue weighted by Crippen LogP contribution is 2.32. The minimum absolute atomic E-state index is 0.0383. The first kappa shape index (κ1) is 23.1. The number of imide groups is 1. The minimum Gasteiger partial charge on any atom is -0.297 e. The molecule has 0 spiro atoms. The van der Waals surface area contributed by atoms with Crippen LogP contribution in [-0.2, 0) is 27.2 Å². The number of carbonyl (C=O) groups excluding carboxylic acids is 3. The van der Waals surface area contributed by atoms with Gasteiger partial charge in [0.1, 0.15) is 6.04 Å². The molecule has 2 aliphatic heterocycles. The number of rotatable bonds is 4. The number of piperidine rings is 1. The molecule has 6 nitrogen and oxygen atoms in total. The first-order valence-electron chi connectivity index (χ1n) is 11.5. The van der Waals surface area contributed by atoms with Crippen LogP contribution in [0.5, 0.6) is 0 Å². The Labute approximate surface area is 207 Å². The lowest BCUT2D eigenvalue weighted by molar-refractivity contribution is -0.183. The van der Waals surface area contributed by atoms with Crippen molar-refractivity contribution in [3.8, 4) is 11.1 Å². The second-order valence-electron chi connectivity index (χ2n) is 8.91. The van der Waals surface area contributed by atoms with Gasteiger partial charge < -0.3 is 0 Å². The Morgan fingerprint density at radius 2 is 1.57 bits per heavy atom. The minimum atomic E-state index is -0.682. The molecule has 1 saturated heterocycles. The number of hydrogen-bond acceptors (Lipinski definition) is 5. The van der Waals surface area contributed by atoms with Gasteiger partial charge in [0.2, 0.25) is 0 Å². The van der Waals surface area contributed by atoms with Crippen LogP contribution in [0.15, 0.2) is 77.8 Å². The van der Waals surface area contributed by atoms with Gasteiger partial charge in [-0.25, -0.2) is 0 Å². The molecule has 35 heavy (non-hydrogen) atoms. The number of carbonyl (C=O) groups is 3. The molecular formula is C28H23ClN2O4. The highest BCUT2D eigenvalue weighted by molar-refractivity contribution is 6.31. The van der Waals surface area contributed by atoms with E-state index in [0.29, 0.717) is 22.7 Å². The molecule has 0 aliphatic carbocycles. The fraction of sp³-hybridized carbons (Fsp3) is 0.214. The van der Waals surface area contributed by atoms with Crippen LogP contribution < -0.4 is 0 Å². The van der Waals surface area contributed by atoms with Crippen molar-refractivity contribution in [1.82, 2.24) is 5.06 Å². The van der Waals surface area contributed by atoms with E-state index in [-0.39, 0.29) is 30.1 Å². The third-order valence-electron chi connectivity index (χ3n) is 6.60. The van der Waals surface area contributed by atoms with Crippen LogP contribution in [0.2, 0.25) is 5.02 Å². The lowest BCUT2D eigenvalue weighted by Crippen LogP contribution is -2.43.